The van der Waals surface area contributed by atoms with Gasteiger partial charge in [0.15, 0.2) is 0 Å². The van der Waals surface area contributed by atoms with Gasteiger partial charge in [-0.3, -0.25) is 0 Å². The fraction of sp³-hybridized carbons (Fsp3) is 0.571. The Morgan fingerprint density at radius 3 is 2.85 bits per heavy atom. The van der Waals surface area contributed by atoms with Crippen LogP contribution in [0, 0.1) is 17.0 Å². The van der Waals surface area contributed by atoms with E-state index in [4.69, 9.17) is 5.11 Å². The Kier molecular flexibility index (Phi) is 2.62. The molecule has 0 aliphatic rings. The van der Waals surface area contributed by atoms with Gasteiger partial charge in [-0.05, 0) is 18.8 Å². The molecule has 6 heteroatoms. The van der Waals surface area contributed by atoms with Crippen LogP contribution in [0.15, 0.2) is 6.20 Å². The van der Waals surface area contributed by atoms with Crippen LogP contribution in [-0.2, 0) is 6.54 Å². The lowest BCUT2D eigenvalue weighted by Gasteiger charge is -1.98. The molecule has 0 spiro atoms. The molecule has 1 aromatic heterocycles. The molecule has 0 saturated carbocycles. The fourth-order valence-electron chi connectivity index (χ4n) is 1.06. The molecule has 1 rings (SSSR count). The van der Waals surface area contributed by atoms with E-state index < -0.39 is 11.0 Å². The summed E-state index contributed by atoms with van der Waals surface area (Å²) in [6.45, 7) is 3.49. The minimum atomic E-state index is -0.557. The van der Waals surface area contributed by atoms with Crippen molar-refractivity contribution in [3.63, 3.8) is 0 Å². The van der Waals surface area contributed by atoms with E-state index in [9.17, 15) is 10.1 Å². The predicted molar refractivity (Wildman–Crippen MR) is 45.3 cm³/mol. The van der Waals surface area contributed by atoms with Crippen molar-refractivity contribution in [2.45, 2.75) is 26.5 Å². The Balaban J connectivity index is 2.89. The van der Waals surface area contributed by atoms with Crippen molar-refractivity contribution < 1.29 is 10.0 Å². The second kappa shape index (κ2) is 3.53. The van der Waals surface area contributed by atoms with Crippen LogP contribution in [0.3, 0.4) is 0 Å². The first-order chi connectivity index (χ1) is 6.00. The maximum Gasteiger partial charge on any atom is 0.392 e. The number of nitro groups is 1. The number of hydrogen-bond donors (Lipinski definition) is 1. The molecule has 0 saturated heterocycles. The molecule has 1 aromatic rings. The molecule has 0 aromatic carbocycles. The van der Waals surface area contributed by atoms with Crippen LogP contribution in [0.25, 0.3) is 0 Å². The fourth-order valence-corrected chi connectivity index (χ4v) is 1.06. The van der Waals surface area contributed by atoms with Crippen LogP contribution in [0.2, 0.25) is 0 Å². The van der Waals surface area contributed by atoms with E-state index in [0.29, 0.717) is 5.56 Å². The summed E-state index contributed by atoms with van der Waals surface area (Å²) < 4.78 is 1.37. The van der Waals surface area contributed by atoms with Crippen LogP contribution in [0.1, 0.15) is 12.5 Å². The predicted octanol–water partition coefficient (Wildman–Crippen LogP) is 0.481. The van der Waals surface area contributed by atoms with Crippen LogP contribution in [0.4, 0.5) is 5.82 Å². The highest BCUT2D eigenvalue weighted by Gasteiger charge is 2.17. The van der Waals surface area contributed by atoms with E-state index in [0.717, 1.165) is 0 Å². The van der Waals surface area contributed by atoms with Crippen molar-refractivity contribution >= 4 is 5.82 Å². The van der Waals surface area contributed by atoms with Gasteiger partial charge in [0, 0.05) is 0 Å². The Labute approximate surface area is 74.9 Å². The molecule has 0 aliphatic carbocycles. The Morgan fingerprint density at radius 1 is 1.85 bits per heavy atom. The lowest BCUT2D eigenvalue weighted by molar-refractivity contribution is -0.390. The van der Waals surface area contributed by atoms with Gasteiger partial charge in [0.1, 0.15) is 0 Å². The molecule has 0 aliphatic heterocycles. The van der Waals surface area contributed by atoms with Crippen molar-refractivity contribution in [1.29, 1.82) is 0 Å². The van der Waals surface area contributed by atoms with E-state index in [-0.39, 0.29) is 12.4 Å². The molecular formula is C7H11N3O3. The highest BCUT2D eigenvalue weighted by molar-refractivity contribution is 5.27. The molecule has 1 heterocycles. The Bertz CT molecular complexity index is 319. The number of aliphatic hydroxyl groups is 1. The van der Waals surface area contributed by atoms with Gasteiger partial charge in [-0.15, -0.1) is 0 Å². The second-order valence-corrected chi connectivity index (χ2v) is 2.96. The first kappa shape index (κ1) is 9.66. The molecule has 0 amide bonds. The van der Waals surface area contributed by atoms with Crippen molar-refractivity contribution in [3.8, 4) is 0 Å². The minimum absolute atomic E-state index is 0.152. The zero-order valence-corrected chi connectivity index (χ0v) is 7.47. The molecule has 0 unspecified atom stereocenters. The quantitative estimate of drug-likeness (QED) is 0.548. The SMILES string of the molecule is Cc1cn(C[C@H](C)O)nc1[N+](=O)[O-]. The monoisotopic (exact) mass is 185 g/mol. The first-order valence-electron chi connectivity index (χ1n) is 3.87. The second-order valence-electron chi connectivity index (χ2n) is 2.96. The van der Waals surface area contributed by atoms with E-state index >= 15 is 0 Å². The maximum atomic E-state index is 10.4. The lowest BCUT2D eigenvalue weighted by Crippen LogP contribution is -2.12. The molecule has 13 heavy (non-hydrogen) atoms. The normalized spacial score (nSPS) is 12.8. The van der Waals surface area contributed by atoms with Crippen molar-refractivity contribution in [2.24, 2.45) is 0 Å². The van der Waals surface area contributed by atoms with Crippen LogP contribution in [0.5, 0.6) is 0 Å². The molecule has 6 nitrogen and oxygen atoms in total. The summed E-state index contributed by atoms with van der Waals surface area (Å²) in [5, 5.41) is 23.1. The number of hydrogen-bond acceptors (Lipinski definition) is 4. The van der Waals surface area contributed by atoms with Crippen LogP contribution in [-0.4, -0.2) is 25.9 Å². The molecule has 0 fully saturated rings. The van der Waals surface area contributed by atoms with E-state index in [2.05, 4.69) is 5.10 Å². The molecule has 1 N–H and O–H groups in total. The van der Waals surface area contributed by atoms with Gasteiger partial charge in [0.2, 0.25) is 0 Å². The van der Waals surface area contributed by atoms with Gasteiger partial charge in [-0.1, -0.05) is 0 Å². The molecule has 1 atom stereocenters. The average molecular weight is 185 g/mol. The van der Waals surface area contributed by atoms with Crippen LogP contribution >= 0.6 is 0 Å². The summed E-state index contributed by atoms with van der Waals surface area (Å²) in [5.74, 6) is -0.152. The average Bonchev–Trinajstić information content (AvgIpc) is 2.29. The van der Waals surface area contributed by atoms with E-state index in [1.807, 2.05) is 0 Å². The smallest absolute Gasteiger partial charge is 0.391 e. The minimum Gasteiger partial charge on any atom is -0.391 e. The third kappa shape index (κ3) is 2.25. The van der Waals surface area contributed by atoms with Crippen molar-refractivity contribution in [3.05, 3.63) is 21.9 Å². The zero-order chi connectivity index (χ0) is 10.0. The highest BCUT2D eigenvalue weighted by Crippen LogP contribution is 2.13. The maximum absolute atomic E-state index is 10.4. The Hall–Kier alpha value is -1.43. The summed E-state index contributed by atoms with van der Waals surface area (Å²) in [6, 6.07) is 0. The summed E-state index contributed by atoms with van der Waals surface area (Å²) in [5.41, 5.74) is 0.505. The highest BCUT2D eigenvalue weighted by atomic mass is 16.6. The molecule has 72 valence electrons. The summed E-state index contributed by atoms with van der Waals surface area (Å²) >= 11 is 0. The number of aliphatic hydroxyl groups excluding tert-OH is 1. The summed E-state index contributed by atoms with van der Waals surface area (Å²) in [7, 11) is 0. The van der Waals surface area contributed by atoms with Crippen molar-refractivity contribution in [2.75, 3.05) is 0 Å². The largest absolute Gasteiger partial charge is 0.392 e. The van der Waals surface area contributed by atoms with Crippen LogP contribution < -0.4 is 0 Å². The summed E-state index contributed by atoms with van der Waals surface area (Å²) in [6.07, 6.45) is 0.990. The number of rotatable bonds is 3. The van der Waals surface area contributed by atoms with Gasteiger partial charge in [0.05, 0.1) is 29.5 Å². The summed E-state index contributed by atoms with van der Waals surface area (Å²) in [4.78, 5) is 9.85. The van der Waals surface area contributed by atoms with Gasteiger partial charge < -0.3 is 15.2 Å². The number of aryl methyl sites for hydroxylation is 1. The van der Waals surface area contributed by atoms with Crippen molar-refractivity contribution in [1.82, 2.24) is 9.78 Å². The van der Waals surface area contributed by atoms with Gasteiger partial charge in [-0.2, -0.15) is 4.68 Å². The van der Waals surface area contributed by atoms with Gasteiger partial charge in [0.25, 0.3) is 0 Å². The molecule has 0 radical (unpaired) electrons. The first-order valence-corrected chi connectivity index (χ1v) is 3.87. The third-order valence-corrected chi connectivity index (χ3v) is 1.54. The topological polar surface area (TPSA) is 81.2 Å². The number of aromatic nitrogens is 2. The number of nitrogens with zero attached hydrogens (tertiary/aromatic N) is 3. The van der Waals surface area contributed by atoms with E-state index in [1.165, 1.54) is 4.68 Å². The zero-order valence-electron chi connectivity index (χ0n) is 7.47. The molecular weight excluding hydrogens is 174 g/mol. The Morgan fingerprint density at radius 2 is 2.46 bits per heavy atom. The lowest BCUT2D eigenvalue weighted by atomic mass is 10.4. The third-order valence-electron chi connectivity index (χ3n) is 1.54. The standard InChI is InChI=1S/C7H11N3O3/c1-5-3-9(4-6(2)11)8-7(5)10(12)13/h3,6,11H,4H2,1-2H3/t6-/m0/s1. The van der Waals surface area contributed by atoms with E-state index in [1.54, 1.807) is 20.0 Å². The van der Waals surface area contributed by atoms with Gasteiger partial charge >= 0.3 is 5.82 Å². The molecule has 0 bridgehead atoms. The van der Waals surface area contributed by atoms with Gasteiger partial charge in [-0.25, -0.2) is 0 Å².